The van der Waals surface area contributed by atoms with Gasteiger partial charge in [-0.1, -0.05) is 30.7 Å². The highest BCUT2D eigenvalue weighted by molar-refractivity contribution is 5.73. The van der Waals surface area contributed by atoms with Gasteiger partial charge in [-0.25, -0.2) is 0 Å². The van der Waals surface area contributed by atoms with Gasteiger partial charge in [0.1, 0.15) is 0 Å². The lowest BCUT2D eigenvalue weighted by Gasteiger charge is -2.46. The number of fused-ring (bicyclic) bond motifs is 2. The van der Waals surface area contributed by atoms with Crippen LogP contribution in [0.3, 0.4) is 0 Å². The topological polar surface area (TPSA) is 32.3 Å². The molecule has 3 aliphatic rings. The van der Waals surface area contributed by atoms with Crippen LogP contribution in [0.15, 0.2) is 24.3 Å². The molecule has 0 radical (unpaired) electrons. The van der Waals surface area contributed by atoms with Crippen molar-refractivity contribution in [2.45, 2.75) is 62.9 Å². The lowest BCUT2D eigenvalue weighted by atomic mass is 9.73. The lowest BCUT2D eigenvalue weighted by molar-refractivity contribution is -0.119. The summed E-state index contributed by atoms with van der Waals surface area (Å²) in [5.74, 6) is 0.0868. The second kappa shape index (κ2) is 5.38. The molecule has 1 amide bonds. The highest BCUT2D eigenvalue weighted by Gasteiger charge is 2.46. The van der Waals surface area contributed by atoms with Crippen LogP contribution in [-0.2, 0) is 10.2 Å². The van der Waals surface area contributed by atoms with Gasteiger partial charge in [0, 0.05) is 18.4 Å². The number of likely N-dealkylation sites (tertiary alicyclic amines) is 1. The summed E-state index contributed by atoms with van der Waals surface area (Å²) in [6.45, 7) is 4.09. The molecule has 1 N–H and O–H groups in total. The van der Waals surface area contributed by atoms with E-state index in [0.717, 1.165) is 12.5 Å². The van der Waals surface area contributed by atoms with Gasteiger partial charge in [-0.3, -0.25) is 4.79 Å². The molecule has 1 aromatic carbocycles. The van der Waals surface area contributed by atoms with Crippen molar-refractivity contribution < 1.29 is 4.79 Å². The number of nitrogens with zero attached hydrogens (tertiary/aromatic N) is 1. The molecule has 2 fully saturated rings. The molecule has 1 aromatic rings. The Bertz CT molecular complexity index is 571. The number of carbonyl (C=O) groups is 1. The first-order chi connectivity index (χ1) is 10.7. The normalized spacial score (nSPS) is 27.4. The summed E-state index contributed by atoms with van der Waals surface area (Å²) in [6.07, 6.45) is 7.80. The third-order valence-electron chi connectivity index (χ3n) is 6.23. The molecule has 1 heterocycles. The second-order valence-electron chi connectivity index (χ2n) is 7.45. The third-order valence-corrected chi connectivity index (χ3v) is 6.23. The van der Waals surface area contributed by atoms with Crippen LogP contribution < -0.4 is 5.32 Å². The second-order valence-corrected chi connectivity index (χ2v) is 7.45. The molecular weight excluding hydrogens is 272 g/mol. The zero-order valence-corrected chi connectivity index (χ0v) is 13.5. The first kappa shape index (κ1) is 14.3. The van der Waals surface area contributed by atoms with Gasteiger partial charge in [0.25, 0.3) is 0 Å². The van der Waals surface area contributed by atoms with Crippen LogP contribution in [0.1, 0.15) is 62.6 Å². The van der Waals surface area contributed by atoms with Gasteiger partial charge in [0.05, 0.1) is 6.04 Å². The highest BCUT2D eigenvalue weighted by Crippen LogP contribution is 2.51. The molecule has 1 saturated carbocycles. The Kier molecular flexibility index (Phi) is 3.48. The monoisotopic (exact) mass is 298 g/mol. The van der Waals surface area contributed by atoms with Crippen LogP contribution in [0.2, 0.25) is 0 Å². The minimum Gasteiger partial charge on any atom is -0.349 e. The van der Waals surface area contributed by atoms with Gasteiger partial charge in [-0.2, -0.15) is 0 Å². The molecule has 1 aliphatic heterocycles. The van der Waals surface area contributed by atoms with E-state index in [1.807, 2.05) is 0 Å². The molecule has 2 aliphatic carbocycles. The molecule has 1 spiro atoms. The summed E-state index contributed by atoms with van der Waals surface area (Å²) >= 11 is 0. The maximum Gasteiger partial charge on any atom is 0.217 e. The van der Waals surface area contributed by atoms with Gasteiger partial charge >= 0.3 is 0 Å². The van der Waals surface area contributed by atoms with Gasteiger partial charge in [-0.05, 0) is 56.3 Å². The van der Waals surface area contributed by atoms with Gasteiger partial charge in [0.2, 0.25) is 5.91 Å². The summed E-state index contributed by atoms with van der Waals surface area (Å²) in [6, 6.07) is 9.86. The number of amides is 1. The molecule has 1 unspecified atom stereocenters. The Labute approximate surface area is 133 Å². The zero-order chi connectivity index (χ0) is 15.2. The molecular formula is C19H26N2O. The van der Waals surface area contributed by atoms with Crippen LogP contribution in [-0.4, -0.2) is 29.9 Å². The minimum atomic E-state index is 0.0868. The van der Waals surface area contributed by atoms with Crippen molar-refractivity contribution in [1.29, 1.82) is 0 Å². The molecule has 3 nitrogen and oxygen atoms in total. The number of hydrogen-bond acceptors (Lipinski definition) is 2. The molecule has 1 atom stereocenters. The molecule has 0 aromatic heterocycles. The maximum absolute atomic E-state index is 11.5. The van der Waals surface area contributed by atoms with Gasteiger partial charge in [0.15, 0.2) is 0 Å². The van der Waals surface area contributed by atoms with Crippen LogP contribution in [0.4, 0.5) is 0 Å². The van der Waals surface area contributed by atoms with Gasteiger partial charge in [-0.15, -0.1) is 0 Å². The minimum absolute atomic E-state index is 0.0868. The smallest absolute Gasteiger partial charge is 0.217 e. The van der Waals surface area contributed by atoms with Crippen molar-refractivity contribution in [3.63, 3.8) is 0 Å². The van der Waals surface area contributed by atoms with Crippen molar-refractivity contribution in [2.24, 2.45) is 0 Å². The van der Waals surface area contributed by atoms with Gasteiger partial charge < -0.3 is 10.2 Å². The summed E-state index contributed by atoms with van der Waals surface area (Å²) in [5, 5.41) is 3.17. The third kappa shape index (κ3) is 2.26. The van der Waals surface area contributed by atoms with Crippen molar-refractivity contribution >= 4 is 5.91 Å². The quantitative estimate of drug-likeness (QED) is 0.909. The predicted octanol–water partition coefficient (Wildman–Crippen LogP) is 3.15. The molecule has 118 valence electrons. The summed E-state index contributed by atoms with van der Waals surface area (Å²) in [7, 11) is 0. The van der Waals surface area contributed by atoms with Crippen LogP contribution in [0, 0.1) is 0 Å². The fraction of sp³-hybridized carbons (Fsp3) is 0.632. The largest absolute Gasteiger partial charge is 0.349 e. The Hall–Kier alpha value is -1.35. The number of carbonyl (C=O) groups excluding carboxylic acids is 1. The Balaban J connectivity index is 1.56. The molecule has 3 heteroatoms. The maximum atomic E-state index is 11.5. The Morgan fingerprint density at radius 3 is 2.59 bits per heavy atom. The van der Waals surface area contributed by atoms with Crippen molar-refractivity contribution in [3.8, 4) is 0 Å². The van der Waals surface area contributed by atoms with Crippen LogP contribution in [0.5, 0.6) is 0 Å². The van der Waals surface area contributed by atoms with E-state index in [1.54, 1.807) is 6.92 Å². The van der Waals surface area contributed by atoms with E-state index in [2.05, 4.69) is 34.5 Å². The lowest BCUT2D eigenvalue weighted by Crippen LogP contribution is -2.48. The van der Waals surface area contributed by atoms with Crippen molar-refractivity contribution in [2.75, 3.05) is 13.1 Å². The summed E-state index contributed by atoms with van der Waals surface area (Å²) in [4.78, 5) is 14.3. The molecule has 4 rings (SSSR count). The molecule has 0 bridgehead atoms. The van der Waals surface area contributed by atoms with Crippen LogP contribution in [0.25, 0.3) is 0 Å². The van der Waals surface area contributed by atoms with E-state index < -0.39 is 0 Å². The van der Waals surface area contributed by atoms with E-state index in [4.69, 9.17) is 0 Å². The Morgan fingerprint density at radius 2 is 1.95 bits per heavy atom. The first-order valence-corrected chi connectivity index (χ1v) is 8.78. The fourth-order valence-corrected chi connectivity index (χ4v) is 4.81. The van der Waals surface area contributed by atoms with Crippen molar-refractivity contribution in [3.05, 3.63) is 35.4 Å². The Morgan fingerprint density at radius 1 is 1.23 bits per heavy atom. The van der Waals surface area contributed by atoms with Crippen molar-refractivity contribution in [1.82, 2.24) is 10.2 Å². The van der Waals surface area contributed by atoms with Crippen LogP contribution >= 0.6 is 0 Å². The number of benzene rings is 1. The number of hydrogen-bond donors (Lipinski definition) is 1. The standard InChI is InChI=1S/C19H26N2O/c1-14(22)20-18-13-19(17-8-3-2-7-16(17)18)9-11-21(12-10-19)15-5-4-6-15/h2-3,7-8,15,18H,4-6,9-13H2,1H3,(H,20,22). The molecule has 22 heavy (non-hydrogen) atoms. The van der Waals surface area contributed by atoms with E-state index in [0.29, 0.717) is 5.41 Å². The highest BCUT2D eigenvalue weighted by atomic mass is 16.1. The number of nitrogens with one attached hydrogen (secondary N) is 1. The first-order valence-electron chi connectivity index (χ1n) is 8.78. The van der Waals surface area contributed by atoms with E-state index in [9.17, 15) is 4.79 Å². The molecule has 1 saturated heterocycles. The average Bonchev–Trinajstić information content (AvgIpc) is 2.74. The number of piperidine rings is 1. The number of rotatable bonds is 2. The predicted molar refractivity (Wildman–Crippen MR) is 87.7 cm³/mol. The van der Waals surface area contributed by atoms with E-state index in [1.165, 1.54) is 56.3 Å². The van der Waals surface area contributed by atoms with E-state index >= 15 is 0 Å². The van der Waals surface area contributed by atoms with E-state index in [-0.39, 0.29) is 11.9 Å². The summed E-state index contributed by atoms with van der Waals surface area (Å²) < 4.78 is 0. The average molecular weight is 298 g/mol. The SMILES string of the molecule is CC(=O)NC1CC2(CCN(C3CCC3)CC2)c2ccccc21. The summed E-state index contributed by atoms with van der Waals surface area (Å²) in [5.41, 5.74) is 3.15. The fourth-order valence-electron chi connectivity index (χ4n) is 4.81. The zero-order valence-electron chi connectivity index (χ0n) is 13.5.